The van der Waals surface area contributed by atoms with Gasteiger partial charge in [0, 0.05) is 28.9 Å². The topological polar surface area (TPSA) is 35.1 Å². The first kappa shape index (κ1) is 15.7. The van der Waals surface area contributed by atoms with Crippen LogP contribution in [0.4, 0.5) is 0 Å². The number of ketones is 1. The van der Waals surface area contributed by atoms with E-state index in [9.17, 15) is 4.79 Å². The smallest absolute Gasteiger partial charge is 0.175 e. The molecule has 28 heavy (non-hydrogen) atoms. The zero-order valence-corrected chi connectivity index (χ0v) is 16.0. The number of nitrogens with zero attached hydrogens (tertiary/aromatic N) is 1. The van der Waals surface area contributed by atoms with Gasteiger partial charge < -0.3 is 8.98 Å². The number of Topliss-reactive ketones (excluding diaryl/α,β-unsaturated/α-hetero) is 1. The third kappa shape index (κ3) is 1.68. The van der Waals surface area contributed by atoms with Gasteiger partial charge in [-0.25, -0.2) is 0 Å². The Balaban J connectivity index is 1.88. The number of carbonyl (C=O) groups excluding carboxylic acids is 1. The van der Waals surface area contributed by atoms with Crippen LogP contribution in [-0.4, -0.2) is 10.4 Å². The molecular weight excluding hydrogens is 346 g/mol. The van der Waals surface area contributed by atoms with Crippen molar-refractivity contribution in [2.24, 2.45) is 7.05 Å². The molecule has 1 aliphatic rings. The van der Waals surface area contributed by atoms with E-state index in [0.717, 1.165) is 55.2 Å². The Morgan fingerprint density at radius 2 is 1.61 bits per heavy atom. The van der Waals surface area contributed by atoms with Crippen molar-refractivity contribution in [3.05, 3.63) is 71.8 Å². The average molecular weight is 365 g/mol. The molecular formula is C25H19NO2. The van der Waals surface area contributed by atoms with Crippen LogP contribution in [0.25, 0.3) is 44.1 Å². The van der Waals surface area contributed by atoms with Crippen molar-refractivity contribution in [1.82, 2.24) is 4.57 Å². The summed E-state index contributed by atoms with van der Waals surface area (Å²) in [6.07, 6.45) is 0. The van der Waals surface area contributed by atoms with Crippen molar-refractivity contribution in [3.8, 4) is 11.5 Å². The van der Waals surface area contributed by atoms with Crippen LogP contribution in [0.2, 0.25) is 0 Å². The van der Waals surface area contributed by atoms with Gasteiger partial charge in [-0.1, -0.05) is 48.5 Å². The second-order valence-corrected chi connectivity index (χ2v) is 8.22. The molecule has 0 bridgehead atoms. The highest BCUT2D eigenvalue weighted by atomic mass is 16.3. The highest BCUT2D eigenvalue weighted by Crippen LogP contribution is 2.51. The summed E-state index contributed by atoms with van der Waals surface area (Å²) < 4.78 is 8.54. The normalized spacial score (nSPS) is 15.3. The summed E-state index contributed by atoms with van der Waals surface area (Å²) in [5, 5.41) is 4.34. The van der Waals surface area contributed by atoms with Gasteiger partial charge >= 0.3 is 0 Å². The third-order valence-corrected chi connectivity index (χ3v) is 6.32. The highest BCUT2D eigenvalue weighted by molar-refractivity contribution is 6.23. The van der Waals surface area contributed by atoms with Crippen molar-refractivity contribution in [2.45, 2.75) is 19.3 Å². The quantitative estimate of drug-likeness (QED) is 0.327. The Morgan fingerprint density at radius 1 is 0.893 bits per heavy atom. The summed E-state index contributed by atoms with van der Waals surface area (Å²) in [5.74, 6) is 0.979. The Morgan fingerprint density at radius 3 is 2.43 bits per heavy atom. The van der Waals surface area contributed by atoms with Crippen molar-refractivity contribution >= 4 is 38.4 Å². The van der Waals surface area contributed by atoms with Crippen LogP contribution in [0.3, 0.4) is 0 Å². The van der Waals surface area contributed by atoms with Gasteiger partial charge in [-0.2, -0.15) is 0 Å². The van der Waals surface area contributed by atoms with E-state index < -0.39 is 5.41 Å². The molecule has 0 atom stereocenters. The second kappa shape index (κ2) is 4.93. The predicted octanol–water partition coefficient (Wildman–Crippen LogP) is 6.22. The first-order valence-electron chi connectivity index (χ1n) is 9.57. The minimum atomic E-state index is -0.665. The summed E-state index contributed by atoms with van der Waals surface area (Å²) in [5.41, 5.74) is 3.89. The number of hydrogen-bond acceptors (Lipinski definition) is 2. The fraction of sp³-hybridized carbons (Fsp3) is 0.160. The zero-order valence-electron chi connectivity index (χ0n) is 16.0. The molecule has 6 rings (SSSR count). The minimum absolute atomic E-state index is 0.155. The van der Waals surface area contributed by atoms with Gasteiger partial charge in [0.05, 0.1) is 16.7 Å². The molecule has 136 valence electrons. The molecule has 5 aromatic rings. The Kier molecular flexibility index (Phi) is 2.76. The van der Waals surface area contributed by atoms with Gasteiger partial charge in [-0.05, 0) is 36.8 Å². The molecule has 1 aliphatic carbocycles. The van der Waals surface area contributed by atoms with E-state index in [0.29, 0.717) is 0 Å². The van der Waals surface area contributed by atoms with E-state index in [-0.39, 0.29) is 5.78 Å². The van der Waals surface area contributed by atoms with Crippen molar-refractivity contribution in [3.63, 3.8) is 0 Å². The van der Waals surface area contributed by atoms with E-state index in [1.54, 1.807) is 0 Å². The van der Waals surface area contributed by atoms with E-state index in [1.807, 2.05) is 57.3 Å². The van der Waals surface area contributed by atoms with E-state index in [1.165, 1.54) is 0 Å². The fourth-order valence-corrected chi connectivity index (χ4v) is 4.95. The lowest BCUT2D eigenvalue weighted by Gasteiger charge is -2.28. The molecule has 0 saturated heterocycles. The Bertz CT molecular complexity index is 1460. The summed E-state index contributed by atoms with van der Waals surface area (Å²) in [7, 11) is 2.02. The molecule has 3 aromatic carbocycles. The summed E-state index contributed by atoms with van der Waals surface area (Å²) in [6.45, 7) is 4.05. The van der Waals surface area contributed by atoms with E-state index >= 15 is 0 Å². The maximum absolute atomic E-state index is 13.8. The number of rotatable bonds is 0. The van der Waals surface area contributed by atoms with Crippen LogP contribution < -0.4 is 0 Å². The van der Waals surface area contributed by atoms with Crippen LogP contribution >= 0.6 is 0 Å². The number of hydrogen-bond donors (Lipinski definition) is 0. The summed E-state index contributed by atoms with van der Waals surface area (Å²) in [6, 6.07) is 20.5. The second-order valence-electron chi connectivity index (χ2n) is 8.22. The average Bonchev–Trinajstić information content (AvgIpc) is 3.23. The molecule has 0 fully saturated rings. The standard InChI is InChI=1S/C25H19NO2/c1-25(2)21-19-15-9-5-4-8-14(15)12-13-18(19)28-23(21)22-20(24(25)27)16-10-6-7-11-17(16)26(22)3/h4-13H,1-3H3. The molecule has 0 amide bonds. The molecule has 0 radical (unpaired) electrons. The lowest BCUT2D eigenvalue weighted by Crippen LogP contribution is -2.33. The van der Waals surface area contributed by atoms with Crippen LogP contribution in [0.15, 0.2) is 65.1 Å². The van der Waals surface area contributed by atoms with E-state index in [4.69, 9.17) is 4.42 Å². The largest absolute Gasteiger partial charge is 0.454 e. The summed E-state index contributed by atoms with van der Waals surface area (Å²) >= 11 is 0. The van der Waals surface area contributed by atoms with Crippen molar-refractivity contribution in [1.29, 1.82) is 0 Å². The molecule has 0 spiro atoms. The lowest BCUT2D eigenvalue weighted by molar-refractivity contribution is 0.0908. The first-order chi connectivity index (χ1) is 13.5. The van der Waals surface area contributed by atoms with E-state index in [2.05, 4.69) is 28.8 Å². The number of fused-ring (bicyclic) bond motifs is 9. The maximum Gasteiger partial charge on any atom is 0.175 e. The Hall–Kier alpha value is -3.33. The number of aromatic nitrogens is 1. The summed E-state index contributed by atoms with van der Waals surface area (Å²) in [4.78, 5) is 13.8. The SMILES string of the molecule is Cn1c2c(c3ccccc31)C(=O)C(C)(C)c1c-2oc2ccc3ccccc3c12. The molecule has 3 heteroatoms. The fourth-order valence-electron chi connectivity index (χ4n) is 4.95. The monoisotopic (exact) mass is 365 g/mol. The zero-order chi connectivity index (χ0) is 19.2. The van der Waals surface area contributed by atoms with Crippen molar-refractivity contribution in [2.75, 3.05) is 0 Å². The van der Waals surface area contributed by atoms with Crippen LogP contribution in [-0.2, 0) is 12.5 Å². The van der Waals surface area contributed by atoms with Crippen LogP contribution in [0.1, 0.15) is 29.8 Å². The third-order valence-electron chi connectivity index (χ3n) is 6.32. The molecule has 0 saturated carbocycles. The predicted molar refractivity (Wildman–Crippen MR) is 113 cm³/mol. The lowest BCUT2D eigenvalue weighted by atomic mass is 9.71. The maximum atomic E-state index is 13.8. The minimum Gasteiger partial charge on any atom is -0.454 e. The van der Waals surface area contributed by atoms with Gasteiger partial charge in [0.15, 0.2) is 11.5 Å². The molecule has 0 N–H and O–H groups in total. The number of aryl methyl sites for hydroxylation is 1. The molecule has 3 nitrogen and oxygen atoms in total. The first-order valence-corrected chi connectivity index (χ1v) is 9.57. The van der Waals surface area contributed by atoms with Gasteiger partial charge in [-0.3, -0.25) is 4.79 Å². The number of para-hydroxylation sites is 1. The molecule has 0 unspecified atom stereocenters. The van der Waals surface area contributed by atoms with Gasteiger partial charge in [0.25, 0.3) is 0 Å². The van der Waals surface area contributed by atoms with Crippen molar-refractivity contribution < 1.29 is 9.21 Å². The Labute approximate surface area is 162 Å². The highest BCUT2D eigenvalue weighted by Gasteiger charge is 2.45. The van der Waals surface area contributed by atoms with Crippen LogP contribution in [0.5, 0.6) is 0 Å². The number of carbonyl (C=O) groups is 1. The number of benzene rings is 3. The van der Waals surface area contributed by atoms with Gasteiger partial charge in [0.1, 0.15) is 5.58 Å². The van der Waals surface area contributed by atoms with Crippen LogP contribution in [0, 0.1) is 0 Å². The van der Waals surface area contributed by atoms with Gasteiger partial charge in [0.2, 0.25) is 0 Å². The van der Waals surface area contributed by atoms with Gasteiger partial charge in [-0.15, -0.1) is 0 Å². The molecule has 2 heterocycles. The number of furan rings is 1. The molecule has 2 aromatic heterocycles. The molecule has 0 aliphatic heterocycles.